The Morgan fingerprint density at radius 2 is 1.43 bits per heavy atom. The van der Waals surface area contributed by atoms with Crippen molar-refractivity contribution in [2.24, 2.45) is 0 Å². The second-order valence-corrected chi connectivity index (χ2v) is 6.92. The Bertz CT molecular complexity index is 406. The minimum absolute atomic E-state index is 0.0507. The van der Waals surface area contributed by atoms with Crippen LogP contribution in [-0.4, -0.2) is 28.9 Å². The van der Waals surface area contributed by atoms with Gasteiger partial charge in [-0.2, -0.15) is 0 Å². The van der Waals surface area contributed by atoms with Gasteiger partial charge in [-0.05, 0) is 51.4 Å². The second kappa shape index (κ2) is 8.16. The topological polar surface area (TPSA) is 49.4 Å². The lowest BCUT2D eigenvalue weighted by molar-refractivity contribution is -0.127. The molecule has 23 heavy (non-hydrogen) atoms. The molecule has 0 aromatic heterocycles. The van der Waals surface area contributed by atoms with Crippen molar-refractivity contribution in [1.29, 1.82) is 0 Å². The van der Waals surface area contributed by atoms with E-state index in [2.05, 4.69) is 5.32 Å². The Labute approximate surface area is 140 Å². The third-order valence-corrected chi connectivity index (χ3v) is 5.22. The van der Waals surface area contributed by atoms with Crippen LogP contribution in [0.4, 0.5) is 4.79 Å². The molecule has 0 aromatic carbocycles. The molecule has 0 aromatic rings. The SMILES string of the molecule is O=C(NC1CCCCC1)N(C(=O)[C]1[CH][CH][CH][CH]1)C1CCCCC1. The summed E-state index contributed by atoms with van der Waals surface area (Å²) in [7, 11) is 0. The van der Waals surface area contributed by atoms with Gasteiger partial charge in [0.05, 0.1) is 5.92 Å². The van der Waals surface area contributed by atoms with E-state index in [1.165, 1.54) is 30.6 Å². The van der Waals surface area contributed by atoms with Crippen molar-refractivity contribution in [1.82, 2.24) is 10.2 Å². The fraction of sp³-hybridized carbons (Fsp3) is 0.632. The van der Waals surface area contributed by atoms with Crippen LogP contribution in [0, 0.1) is 31.6 Å². The summed E-state index contributed by atoms with van der Waals surface area (Å²) in [4.78, 5) is 27.2. The maximum absolute atomic E-state index is 12.9. The number of hydrogen-bond donors (Lipinski definition) is 1. The minimum Gasteiger partial charge on any atom is -0.335 e. The van der Waals surface area contributed by atoms with E-state index in [-0.39, 0.29) is 24.0 Å². The molecule has 125 valence electrons. The quantitative estimate of drug-likeness (QED) is 0.865. The fourth-order valence-electron chi connectivity index (χ4n) is 3.91. The van der Waals surface area contributed by atoms with Gasteiger partial charge < -0.3 is 5.32 Å². The van der Waals surface area contributed by atoms with Gasteiger partial charge in [0.15, 0.2) is 0 Å². The van der Waals surface area contributed by atoms with Crippen molar-refractivity contribution >= 4 is 11.9 Å². The van der Waals surface area contributed by atoms with Crippen molar-refractivity contribution in [2.45, 2.75) is 76.3 Å². The Kier molecular flexibility index (Phi) is 5.96. The largest absolute Gasteiger partial charge is 0.335 e. The van der Waals surface area contributed by atoms with Crippen molar-refractivity contribution in [3.63, 3.8) is 0 Å². The molecule has 4 heteroatoms. The maximum Gasteiger partial charge on any atom is 0.324 e. The van der Waals surface area contributed by atoms with Gasteiger partial charge in [0, 0.05) is 12.1 Å². The molecule has 0 unspecified atom stereocenters. The van der Waals surface area contributed by atoms with E-state index in [4.69, 9.17) is 0 Å². The number of carbonyl (C=O) groups excluding carboxylic acids is 2. The first kappa shape index (κ1) is 16.8. The zero-order valence-electron chi connectivity index (χ0n) is 13.8. The Hall–Kier alpha value is -1.06. The summed E-state index contributed by atoms with van der Waals surface area (Å²) in [6, 6.07) is 0.0968. The Morgan fingerprint density at radius 3 is 2.04 bits per heavy atom. The van der Waals surface area contributed by atoms with E-state index < -0.39 is 0 Å². The first-order valence-corrected chi connectivity index (χ1v) is 9.11. The predicted molar refractivity (Wildman–Crippen MR) is 89.6 cm³/mol. The number of urea groups is 1. The Morgan fingerprint density at radius 1 is 0.870 bits per heavy atom. The number of amides is 3. The van der Waals surface area contributed by atoms with Crippen LogP contribution in [0.15, 0.2) is 0 Å². The first-order valence-electron chi connectivity index (χ1n) is 9.11. The van der Waals surface area contributed by atoms with E-state index in [1.54, 1.807) is 12.8 Å². The molecular weight excluding hydrogens is 288 g/mol. The van der Waals surface area contributed by atoms with E-state index in [0.29, 0.717) is 5.92 Å². The van der Waals surface area contributed by atoms with Gasteiger partial charge in [0.2, 0.25) is 5.91 Å². The molecule has 0 atom stereocenters. The van der Waals surface area contributed by atoms with Crippen LogP contribution in [0.3, 0.4) is 0 Å². The van der Waals surface area contributed by atoms with Gasteiger partial charge >= 0.3 is 6.03 Å². The van der Waals surface area contributed by atoms with Gasteiger partial charge in [-0.15, -0.1) is 0 Å². The molecule has 4 nitrogen and oxygen atoms in total. The average molecular weight is 315 g/mol. The van der Waals surface area contributed by atoms with Gasteiger partial charge in [-0.25, -0.2) is 4.79 Å². The number of nitrogens with zero attached hydrogens (tertiary/aromatic N) is 1. The van der Waals surface area contributed by atoms with E-state index >= 15 is 0 Å². The first-order chi connectivity index (χ1) is 11.3. The van der Waals surface area contributed by atoms with Crippen LogP contribution >= 0.6 is 0 Å². The number of nitrogens with one attached hydrogen (secondary N) is 1. The fourth-order valence-corrected chi connectivity index (χ4v) is 3.91. The standard InChI is InChI=1S/C19H27N2O2/c22-18(15-9-7-8-10-15)21(17-13-5-2-6-14-17)19(23)20-16-11-3-1-4-12-16/h7-10,16-17H,1-6,11-14H2,(H,20,23). The minimum atomic E-state index is -0.185. The molecule has 0 bridgehead atoms. The zero-order valence-corrected chi connectivity index (χ0v) is 13.8. The van der Waals surface area contributed by atoms with Crippen molar-refractivity contribution in [2.75, 3.05) is 0 Å². The number of imide groups is 1. The van der Waals surface area contributed by atoms with Crippen LogP contribution in [0.5, 0.6) is 0 Å². The maximum atomic E-state index is 12.9. The lowest BCUT2D eigenvalue weighted by atomic mass is 9.92. The molecule has 0 spiro atoms. The average Bonchev–Trinajstić information content (AvgIpc) is 3.11. The van der Waals surface area contributed by atoms with Crippen LogP contribution in [0.1, 0.15) is 64.2 Å². The summed E-state index contributed by atoms with van der Waals surface area (Å²) in [6.45, 7) is 0. The molecule has 5 radical (unpaired) electrons. The highest BCUT2D eigenvalue weighted by Crippen LogP contribution is 2.30. The molecule has 3 aliphatic rings. The highest BCUT2D eigenvalue weighted by atomic mass is 16.2. The molecule has 3 amide bonds. The lowest BCUT2D eigenvalue weighted by Crippen LogP contribution is -2.54. The third kappa shape index (κ3) is 4.27. The summed E-state index contributed by atoms with van der Waals surface area (Å²) in [5.74, 6) is 0.476. The number of rotatable bonds is 3. The van der Waals surface area contributed by atoms with Crippen LogP contribution < -0.4 is 5.32 Å². The molecule has 3 fully saturated rings. The summed E-state index contributed by atoms with van der Waals surface area (Å²) in [6.07, 6.45) is 18.3. The predicted octanol–water partition coefficient (Wildman–Crippen LogP) is 3.60. The van der Waals surface area contributed by atoms with Crippen molar-refractivity contribution in [3.8, 4) is 0 Å². The van der Waals surface area contributed by atoms with Gasteiger partial charge in [-0.3, -0.25) is 9.69 Å². The van der Waals surface area contributed by atoms with Gasteiger partial charge in [-0.1, -0.05) is 38.5 Å². The lowest BCUT2D eigenvalue weighted by Gasteiger charge is -2.35. The van der Waals surface area contributed by atoms with Crippen molar-refractivity contribution in [3.05, 3.63) is 31.6 Å². The normalized spacial score (nSPS) is 24.5. The smallest absolute Gasteiger partial charge is 0.324 e. The summed E-state index contributed by atoms with van der Waals surface area (Å²) in [5.41, 5.74) is 0. The van der Waals surface area contributed by atoms with E-state index in [9.17, 15) is 9.59 Å². The summed E-state index contributed by atoms with van der Waals surface area (Å²) in [5, 5.41) is 3.13. The highest BCUT2D eigenvalue weighted by molar-refractivity contribution is 6.05. The monoisotopic (exact) mass is 315 g/mol. The Balaban J connectivity index is 1.67. The summed E-state index contributed by atoms with van der Waals surface area (Å²) < 4.78 is 0. The van der Waals surface area contributed by atoms with Crippen LogP contribution in [0.25, 0.3) is 0 Å². The molecule has 3 rings (SSSR count). The van der Waals surface area contributed by atoms with E-state index in [1.807, 2.05) is 12.8 Å². The van der Waals surface area contributed by atoms with Crippen LogP contribution in [0.2, 0.25) is 0 Å². The summed E-state index contributed by atoms with van der Waals surface area (Å²) >= 11 is 0. The van der Waals surface area contributed by atoms with Crippen LogP contribution in [-0.2, 0) is 4.79 Å². The molecule has 0 aliphatic heterocycles. The second-order valence-electron chi connectivity index (χ2n) is 6.92. The zero-order chi connectivity index (χ0) is 16.1. The van der Waals surface area contributed by atoms with Gasteiger partial charge in [0.1, 0.15) is 0 Å². The molecule has 3 aliphatic carbocycles. The van der Waals surface area contributed by atoms with Crippen molar-refractivity contribution < 1.29 is 9.59 Å². The molecule has 3 saturated carbocycles. The molecular formula is C19H27N2O2. The molecule has 1 N–H and O–H groups in total. The molecule has 0 saturated heterocycles. The molecule has 0 heterocycles. The van der Waals surface area contributed by atoms with Gasteiger partial charge in [0.25, 0.3) is 0 Å². The number of carbonyl (C=O) groups is 2. The van der Waals surface area contributed by atoms with E-state index in [0.717, 1.165) is 38.5 Å². The number of hydrogen-bond acceptors (Lipinski definition) is 2. The third-order valence-electron chi connectivity index (χ3n) is 5.22. The highest BCUT2D eigenvalue weighted by Gasteiger charge is 2.37.